The number of aromatic nitrogens is 3. The fourth-order valence-corrected chi connectivity index (χ4v) is 11.5. The van der Waals surface area contributed by atoms with Gasteiger partial charge in [0.1, 0.15) is 11.5 Å². The van der Waals surface area contributed by atoms with Crippen LogP contribution in [-0.2, 0) is 0 Å². The topological polar surface area (TPSA) is 73.3 Å². The van der Waals surface area contributed by atoms with Crippen molar-refractivity contribution < 1.29 is 9.68 Å². The van der Waals surface area contributed by atoms with E-state index in [1.807, 2.05) is 0 Å². The van der Waals surface area contributed by atoms with Crippen molar-refractivity contribution >= 4 is 17.8 Å². The summed E-state index contributed by atoms with van der Waals surface area (Å²) in [5.74, 6) is 5.43. The zero-order valence-corrected chi connectivity index (χ0v) is 45.1. The lowest BCUT2D eigenvalue weighted by atomic mass is 9.78. The minimum Gasteiger partial charge on any atom is -0.405 e. The van der Waals surface area contributed by atoms with Gasteiger partial charge in [0.05, 0.1) is 22.2 Å². The maximum absolute atomic E-state index is 6.78. The summed E-state index contributed by atoms with van der Waals surface area (Å²) in [6.45, 7) is 36.5. The highest BCUT2D eigenvalue weighted by Crippen LogP contribution is 2.44. The molecule has 2 fully saturated rings. The van der Waals surface area contributed by atoms with Gasteiger partial charge in [-0.05, 0) is 143 Å². The quantitative estimate of drug-likeness (QED) is 0.0738. The Hall–Kier alpha value is -3.63. The van der Waals surface area contributed by atoms with Crippen molar-refractivity contribution in [1.82, 2.24) is 25.1 Å². The summed E-state index contributed by atoms with van der Waals surface area (Å²) in [6.07, 6.45) is 17.7. The molecule has 10 nitrogen and oxygen atoms in total. The Bertz CT molecular complexity index is 1710. The van der Waals surface area contributed by atoms with Crippen LogP contribution in [0.25, 0.3) is 0 Å². The molecule has 67 heavy (non-hydrogen) atoms. The normalized spacial score (nSPS) is 19.4. The number of piperidine rings is 2. The third-order valence-electron chi connectivity index (χ3n) is 14.8. The van der Waals surface area contributed by atoms with Crippen molar-refractivity contribution in [3.05, 3.63) is 60.7 Å². The smallest absolute Gasteiger partial charge is 0.232 e. The van der Waals surface area contributed by atoms with Crippen molar-refractivity contribution in [3.63, 3.8) is 0 Å². The molecule has 10 heteroatoms. The van der Waals surface area contributed by atoms with Gasteiger partial charge in [-0.25, -0.2) is 0 Å². The van der Waals surface area contributed by atoms with E-state index in [1.54, 1.807) is 0 Å². The van der Waals surface area contributed by atoms with E-state index in [0.29, 0.717) is 11.8 Å². The van der Waals surface area contributed by atoms with Crippen LogP contribution in [0.4, 0.5) is 17.8 Å². The fourth-order valence-electron chi connectivity index (χ4n) is 11.5. The van der Waals surface area contributed by atoms with E-state index in [0.717, 1.165) is 120 Å². The first kappa shape index (κ1) is 54.3. The Morgan fingerprint density at radius 2 is 0.821 bits per heavy atom. The Kier molecular flexibility index (Phi) is 20.1. The second-order valence-electron chi connectivity index (χ2n) is 22.8. The van der Waals surface area contributed by atoms with Crippen LogP contribution in [0.2, 0.25) is 0 Å². The number of hydrogen-bond acceptors (Lipinski definition) is 10. The number of hydrogen-bond donors (Lipinski definition) is 0. The lowest BCUT2D eigenvalue weighted by molar-refractivity contribution is -0.220. The Balaban J connectivity index is 1.67. The molecule has 5 rings (SSSR count). The highest BCUT2D eigenvalue weighted by molar-refractivity contribution is 5.49. The molecule has 0 saturated carbocycles. The molecule has 2 aliphatic rings. The number of nitrogens with zero attached hydrogens (tertiary/aromatic N) is 8. The lowest BCUT2D eigenvalue weighted by Gasteiger charge is -2.55. The van der Waals surface area contributed by atoms with Crippen LogP contribution in [0, 0.1) is 11.8 Å². The number of benzene rings is 2. The van der Waals surface area contributed by atoms with Gasteiger partial charge in [0.25, 0.3) is 0 Å². The number of rotatable bonds is 27. The van der Waals surface area contributed by atoms with Gasteiger partial charge in [0.2, 0.25) is 17.8 Å². The first-order valence-corrected chi connectivity index (χ1v) is 27.0. The van der Waals surface area contributed by atoms with Crippen LogP contribution in [0.5, 0.6) is 11.5 Å². The molecule has 0 amide bonds. The summed E-state index contributed by atoms with van der Waals surface area (Å²) in [4.78, 5) is 38.6. The van der Waals surface area contributed by atoms with Crippen molar-refractivity contribution in [2.45, 2.75) is 234 Å². The summed E-state index contributed by atoms with van der Waals surface area (Å²) in [5.41, 5.74) is -1.06. The number of hydroxylamine groups is 4. The van der Waals surface area contributed by atoms with Crippen LogP contribution in [0.15, 0.2) is 60.7 Å². The summed E-state index contributed by atoms with van der Waals surface area (Å²) < 4.78 is 0. The molecule has 3 aromatic rings. The Labute approximate surface area is 409 Å². The van der Waals surface area contributed by atoms with E-state index in [4.69, 9.17) is 24.6 Å². The van der Waals surface area contributed by atoms with E-state index >= 15 is 0 Å². The molecule has 2 aliphatic heterocycles. The van der Waals surface area contributed by atoms with Gasteiger partial charge < -0.3 is 24.4 Å². The first-order chi connectivity index (χ1) is 31.9. The standard InChI is InChI=1S/C57H96N8O2/c1-15-21-31-45(19-5)43-61(44-46(20-6)32-22-16-2)51-58-52(62(37-23-17-3)47-39-54(7,8)64(55(9,10)40-47)66-49-33-27-25-28-34-49)60-53(59-51)63(38-24-18-4)48-41-56(11,12)65(57(13,14)42-48)67-50-35-29-26-30-36-50/h25-30,33-36,45-48H,15-24,31-32,37-44H2,1-14H3. The minimum absolute atomic E-state index is 0.199. The van der Waals surface area contributed by atoms with Crippen molar-refractivity contribution in [1.29, 1.82) is 0 Å². The zero-order valence-electron chi connectivity index (χ0n) is 45.1. The van der Waals surface area contributed by atoms with Gasteiger partial charge in [0.15, 0.2) is 0 Å². The maximum Gasteiger partial charge on any atom is 0.232 e. The number of anilines is 3. The maximum atomic E-state index is 6.78. The predicted molar refractivity (Wildman–Crippen MR) is 283 cm³/mol. The SMILES string of the molecule is CCCCC(CC)CN(CC(CC)CCCC)c1nc(N(CCCC)C2CC(C)(C)N(Oc3ccccc3)C(C)(C)C2)nc(N(CCCC)C2CC(C)(C)N(Oc3ccccc3)C(C)(C)C2)n1. The molecular formula is C57H96N8O2. The van der Waals surface area contributed by atoms with E-state index in [2.05, 4.69) is 182 Å². The van der Waals surface area contributed by atoms with Crippen molar-refractivity contribution in [2.24, 2.45) is 11.8 Å². The second kappa shape index (κ2) is 24.8. The molecule has 0 N–H and O–H groups in total. The molecule has 376 valence electrons. The van der Waals surface area contributed by atoms with Crippen LogP contribution in [0.1, 0.15) is 200 Å². The van der Waals surface area contributed by atoms with E-state index in [1.165, 1.54) is 38.5 Å². The largest absolute Gasteiger partial charge is 0.405 e. The van der Waals surface area contributed by atoms with Crippen LogP contribution in [0.3, 0.4) is 0 Å². The van der Waals surface area contributed by atoms with Crippen molar-refractivity contribution in [2.75, 3.05) is 40.9 Å². The van der Waals surface area contributed by atoms with Crippen LogP contribution < -0.4 is 24.4 Å². The molecule has 2 unspecified atom stereocenters. The van der Waals surface area contributed by atoms with Gasteiger partial charge in [-0.1, -0.05) is 129 Å². The van der Waals surface area contributed by atoms with Gasteiger partial charge >= 0.3 is 0 Å². The third-order valence-corrected chi connectivity index (χ3v) is 14.8. The average molecular weight is 925 g/mol. The molecule has 0 bridgehead atoms. The number of para-hydroxylation sites is 2. The molecule has 2 atom stereocenters. The Morgan fingerprint density at radius 3 is 1.13 bits per heavy atom. The molecule has 1 aromatic heterocycles. The zero-order chi connectivity index (χ0) is 48.8. The van der Waals surface area contributed by atoms with E-state index in [-0.39, 0.29) is 34.2 Å². The summed E-state index contributed by atoms with van der Waals surface area (Å²) >= 11 is 0. The molecule has 2 saturated heterocycles. The molecule has 0 aliphatic carbocycles. The highest BCUT2D eigenvalue weighted by atomic mass is 16.7. The third kappa shape index (κ3) is 14.7. The van der Waals surface area contributed by atoms with Crippen LogP contribution in [-0.4, -0.2) is 85.5 Å². The number of unbranched alkanes of at least 4 members (excludes halogenated alkanes) is 4. The molecule has 2 aromatic carbocycles. The predicted octanol–water partition coefficient (Wildman–Crippen LogP) is 14.4. The minimum atomic E-state index is -0.265. The molecule has 0 spiro atoms. The summed E-state index contributed by atoms with van der Waals surface area (Å²) in [5, 5.41) is 4.53. The van der Waals surface area contributed by atoms with Gasteiger partial charge in [-0.15, -0.1) is 10.1 Å². The fraction of sp³-hybridized carbons (Fsp3) is 0.737. The average Bonchev–Trinajstić information content (AvgIpc) is 3.28. The molecule has 3 heterocycles. The first-order valence-electron chi connectivity index (χ1n) is 27.0. The monoisotopic (exact) mass is 925 g/mol. The lowest BCUT2D eigenvalue weighted by Crippen LogP contribution is -2.66. The van der Waals surface area contributed by atoms with Gasteiger partial charge in [0, 0.05) is 38.3 Å². The highest BCUT2D eigenvalue weighted by Gasteiger charge is 2.51. The van der Waals surface area contributed by atoms with Gasteiger partial charge in [-0.2, -0.15) is 15.0 Å². The van der Waals surface area contributed by atoms with E-state index in [9.17, 15) is 0 Å². The molecule has 0 radical (unpaired) electrons. The molecular weight excluding hydrogens is 829 g/mol. The summed E-state index contributed by atoms with van der Waals surface area (Å²) in [6, 6.07) is 21.0. The van der Waals surface area contributed by atoms with Crippen molar-refractivity contribution in [3.8, 4) is 11.5 Å². The van der Waals surface area contributed by atoms with E-state index < -0.39 is 0 Å². The van der Waals surface area contributed by atoms with Gasteiger partial charge in [-0.3, -0.25) is 0 Å². The Morgan fingerprint density at radius 1 is 0.493 bits per heavy atom. The summed E-state index contributed by atoms with van der Waals surface area (Å²) in [7, 11) is 0. The van der Waals surface area contributed by atoms with Crippen LogP contribution >= 0.6 is 0 Å². The second-order valence-corrected chi connectivity index (χ2v) is 22.8.